The van der Waals surface area contributed by atoms with Crippen LogP contribution in [-0.4, -0.2) is 28.9 Å². The van der Waals surface area contributed by atoms with E-state index in [1.54, 1.807) is 11.3 Å². The van der Waals surface area contributed by atoms with E-state index in [4.69, 9.17) is 0 Å². The van der Waals surface area contributed by atoms with Gasteiger partial charge in [-0.3, -0.25) is 9.69 Å². The van der Waals surface area contributed by atoms with Gasteiger partial charge < -0.3 is 15.6 Å². The van der Waals surface area contributed by atoms with Crippen molar-refractivity contribution in [2.24, 2.45) is 0 Å². The van der Waals surface area contributed by atoms with Gasteiger partial charge in [-0.1, -0.05) is 6.92 Å². The van der Waals surface area contributed by atoms with Gasteiger partial charge in [-0.15, -0.1) is 11.3 Å². The first-order chi connectivity index (χ1) is 10.3. The summed E-state index contributed by atoms with van der Waals surface area (Å²) in [7, 11) is 0. The Kier molecular flexibility index (Phi) is 3.01. The van der Waals surface area contributed by atoms with Crippen LogP contribution in [0.2, 0.25) is 0 Å². The van der Waals surface area contributed by atoms with Gasteiger partial charge in [0.05, 0.1) is 11.3 Å². The number of nitrogens with one attached hydrogen (secondary N) is 3. The van der Waals surface area contributed by atoms with Gasteiger partial charge in [0, 0.05) is 24.2 Å². The van der Waals surface area contributed by atoms with Gasteiger partial charge in [-0.2, -0.15) is 0 Å². The van der Waals surface area contributed by atoms with Crippen LogP contribution >= 0.6 is 11.3 Å². The summed E-state index contributed by atoms with van der Waals surface area (Å²) >= 11 is 1.73. The number of likely N-dealkylation sites (N-methyl/N-ethyl adjacent to an activating group) is 1. The summed E-state index contributed by atoms with van der Waals surface area (Å²) in [6.45, 7) is 5.25. The lowest BCUT2D eigenvalue weighted by Crippen LogP contribution is -2.39. The van der Waals surface area contributed by atoms with E-state index in [9.17, 15) is 4.79 Å². The third-order valence-corrected chi connectivity index (χ3v) is 5.44. The molecule has 110 valence electrons. The third kappa shape index (κ3) is 2.06. The summed E-state index contributed by atoms with van der Waals surface area (Å²) in [5, 5.41) is 7.52. The fraction of sp³-hybridized carbons (Fsp3) is 0.400. The van der Waals surface area contributed by atoms with Crippen LogP contribution in [0.15, 0.2) is 18.3 Å². The summed E-state index contributed by atoms with van der Waals surface area (Å²) < 4.78 is 0. The van der Waals surface area contributed by atoms with Crippen LogP contribution in [-0.2, 0) is 13.0 Å². The molecule has 4 rings (SSSR count). The smallest absolute Gasteiger partial charge is 0.256 e. The Morgan fingerprint density at radius 2 is 2.33 bits per heavy atom. The van der Waals surface area contributed by atoms with E-state index in [-0.39, 0.29) is 12.1 Å². The number of fused-ring (bicyclic) bond motifs is 3. The zero-order valence-corrected chi connectivity index (χ0v) is 12.7. The number of carbonyl (C=O) groups excluding carboxylic acids is 1. The van der Waals surface area contributed by atoms with E-state index in [1.807, 2.05) is 18.3 Å². The fourth-order valence-electron chi connectivity index (χ4n) is 3.12. The van der Waals surface area contributed by atoms with E-state index in [1.165, 1.54) is 10.4 Å². The molecule has 0 spiro atoms. The molecule has 4 heterocycles. The molecule has 0 saturated heterocycles. The van der Waals surface area contributed by atoms with Gasteiger partial charge in [0.1, 0.15) is 11.2 Å². The first kappa shape index (κ1) is 12.9. The van der Waals surface area contributed by atoms with E-state index in [2.05, 4.69) is 27.4 Å². The number of anilines is 1. The normalized spacial score (nSPS) is 21.4. The van der Waals surface area contributed by atoms with Crippen molar-refractivity contribution >= 4 is 22.2 Å². The minimum atomic E-state index is -0.164. The quantitative estimate of drug-likeness (QED) is 0.798. The largest absolute Gasteiger partial charge is 0.362 e. The van der Waals surface area contributed by atoms with Gasteiger partial charge >= 0.3 is 0 Å². The van der Waals surface area contributed by atoms with Crippen molar-refractivity contribution in [3.8, 4) is 0 Å². The van der Waals surface area contributed by atoms with Crippen LogP contribution in [0, 0.1) is 0 Å². The highest BCUT2D eigenvalue weighted by Gasteiger charge is 2.33. The SMILES string of the molecule is CCN1CCc2c(sc3c2C(=O)NC(c2ccc[nH]2)N3)C1. The zero-order chi connectivity index (χ0) is 14.4. The van der Waals surface area contributed by atoms with Crippen molar-refractivity contribution in [2.75, 3.05) is 18.4 Å². The molecule has 0 fully saturated rings. The summed E-state index contributed by atoms with van der Waals surface area (Å²) in [6.07, 6.45) is 2.68. The molecule has 1 atom stereocenters. The highest BCUT2D eigenvalue weighted by Crippen LogP contribution is 2.40. The average Bonchev–Trinajstić information content (AvgIpc) is 3.13. The second kappa shape index (κ2) is 4.89. The maximum absolute atomic E-state index is 12.5. The Balaban J connectivity index is 1.69. The van der Waals surface area contributed by atoms with Crippen molar-refractivity contribution in [1.29, 1.82) is 0 Å². The van der Waals surface area contributed by atoms with E-state index in [0.717, 1.165) is 42.3 Å². The highest BCUT2D eigenvalue weighted by molar-refractivity contribution is 7.16. The Hall–Kier alpha value is -1.79. The zero-order valence-electron chi connectivity index (χ0n) is 11.9. The number of hydrogen-bond acceptors (Lipinski definition) is 4. The first-order valence-electron chi connectivity index (χ1n) is 7.34. The first-order valence-corrected chi connectivity index (χ1v) is 8.15. The molecule has 3 N–H and O–H groups in total. The number of nitrogens with zero attached hydrogens (tertiary/aromatic N) is 1. The minimum absolute atomic E-state index is 0.0470. The van der Waals surface area contributed by atoms with E-state index < -0.39 is 0 Å². The second-order valence-electron chi connectivity index (χ2n) is 5.50. The topological polar surface area (TPSA) is 60.2 Å². The van der Waals surface area contributed by atoms with Crippen LogP contribution in [0.3, 0.4) is 0 Å². The van der Waals surface area contributed by atoms with E-state index in [0.29, 0.717) is 0 Å². The average molecular weight is 302 g/mol. The Morgan fingerprint density at radius 3 is 3.10 bits per heavy atom. The van der Waals surface area contributed by atoms with Crippen LogP contribution in [0.25, 0.3) is 0 Å². The maximum atomic E-state index is 12.5. The lowest BCUT2D eigenvalue weighted by Gasteiger charge is -2.27. The monoisotopic (exact) mass is 302 g/mol. The summed E-state index contributed by atoms with van der Waals surface area (Å²) in [4.78, 5) is 19.4. The predicted molar refractivity (Wildman–Crippen MR) is 83.6 cm³/mol. The Labute approximate surface area is 127 Å². The van der Waals surface area contributed by atoms with Crippen molar-refractivity contribution in [1.82, 2.24) is 15.2 Å². The van der Waals surface area contributed by atoms with Crippen LogP contribution in [0.4, 0.5) is 5.00 Å². The van der Waals surface area contributed by atoms with Crippen molar-refractivity contribution < 1.29 is 4.79 Å². The molecular weight excluding hydrogens is 284 g/mol. The molecular formula is C15H18N4OS. The number of aromatic nitrogens is 1. The van der Waals surface area contributed by atoms with E-state index >= 15 is 0 Å². The number of amides is 1. The number of carbonyl (C=O) groups is 1. The van der Waals surface area contributed by atoms with Gasteiger partial charge in [0.15, 0.2) is 0 Å². The number of thiophene rings is 1. The molecule has 0 bridgehead atoms. The lowest BCUT2D eigenvalue weighted by molar-refractivity contribution is 0.0934. The summed E-state index contributed by atoms with van der Waals surface area (Å²) in [5.41, 5.74) is 3.10. The molecule has 0 aromatic carbocycles. The molecule has 1 amide bonds. The van der Waals surface area contributed by atoms with Crippen LogP contribution < -0.4 is 10.6 Å². The molecule has 21 heavy (non-hydrogen) atoms. The number of aromatic amines is 1. The molecule has 5 nitrogen and oxygen atoms in total. The molecule has 0 radical (unpaired) electrons. The third-order valence-electron chi connectivity index (χ3n) is 4.29. The standard InChI is InChI=1S/C15H18N4OS/c1-2-19-7-5-9-11(8-19)21-15-12(9)14(20)17-13(18-15)10-4-3-6-16-10/h3-4,6,13,16,18H,2,5,7-8H2,1H3,(H,17,20). The Bertz CT molecular complexity index is 676. The number of rotatable bonds is 2. The van der Waals surface area contributed by atoms with Crippen LogP contribution in [0.5, 0.6) is 0 Å². The fourth-order valence-corrected chi connectivity index (χ4v) is 4.43. The summed E-state index contributed by atoms with van der Waals surface area (Å²) in [5.74, 6) is 0.0470. The van der Waals surface area contributed by atoms with Gasteiger partial charge in [0.2, 0.25) is 0 Å². The molecule has 2 aromatic heterocycles. The number of H-pyrrole nitrogens is 1. The van der Waals surface area contributed by atoms with Gasteiger partial charge in [-0.05, 0) is 30.7 Å². The predicted octanol–water partition coefficient (Wildman–Crippen LogP) is 2.31. The second-order valence-corrected chi connectivity index (χ2v) is 6.61. The molecule has 6 heteroatoms. The van der Waals surface area contributed by atoms with Gasteiger partial charge in [0.25, 0.3) is 5.91 Å². The molecule has 1 unspecified atom stereocenters. The Morgan fingerprint density at radius 1 is 1.43 bits per heavy atom. The van der Waals surface area contributed by atoms with Crippen molar-refractivity contribution in [3.63, 3.8) is 0 Å². The minimum Gasteiger partial charge on any atom is -0.362 e. The molecule has 0 aliphatic carbocycles. The summed E-state index contributed by atoms with van der Waals surface area (Å²) in [6, 6.07) is 3.92. The maximum Gasteiger partial charge on any atom is 0.256 e. The van der Waals surface area contributed by atoms with Crippen LogP contribution in [0.1, 0.15) is 39.6 Å². The lowest BCUT2D eigenvalue weighted by atomic mass is 10.0. The van der Waals surface area contributed by atoms with Crippen molar-refractivity contribution in [3.05, 3.63) is 40.0 Å². The van der Waals surface area contributed by atoms with Gasteiger partial charge in [-0.25, -0.2) is 0 Å². The van der Waals surface area contributed by atoms with Crippen molar-refractivity contribution in [2.45, 2.75) is 26.1 Å². The molecule has 0 saturated carbocycles. The number of hydrogen-bond donors (Lipinski definition) is 3. The highest BCUT2D eigenvalue weighted by atomic mass is 32.1. The molecule has 2 aromatic rings. The molecule has 2 aliphatic rings. The molecule has 2 aliphatic heterocycles.